The van der Waals surface area contributed by atoms with E-state index in [-0.39, 0.29) is 11.8 Å². The number of anilines is 2. The average molecular weight is 455 g/mol. The summed E-state index contributed by atoms with van der Waals surface area (Å²) >= 11 is 7.69. The molecule has 2 aromatic carbocycles. The van der Waals surface area contributed by atoms with Gasteiger partial charge in [0.25, 0.3) is 11.8 Å². The molecule has 31 heavy (non-hydrogen) atoms. The molecule has 0 bridgehead atoms. The number of ether oxygens (including phenoxy) is 1. The number of hydrogen-bond donors (Lipinski definition) is 2. The second-order valence-corrected chi connectivity index (χ2v) is 8.87. The molecule has 160 valence electrons. The van der Waals surface area contributed by atoms with Crippen LogP contribution in [0.15, 0.2) is 48.5 Å². The second-order valence-electron chi connectivity index (χ2n) is 7.36. The lowest BCUT2D eigenvalue weighted by molar-refractivity contribution is 0.102. The summed E-state index contributed by atoms with van der Waals surface area (Å²) in [6.07, 6.45) is 4.98. The van der Waals surface area contributed by atoms with Gasteiger partial charge in [-0.3, -0.25) is 9.59 Å². The fraction of sp³-hybridized carbons (Fsp3) is 0.250. The smallest absolute Gasteiger partial charge is 0.259 e. The van der Waals surface area contributed by atoms with Gasteiger partial charge in [-0.1, -0.05) is 42.3 Å². The fourth-order valence-electron chi connectivity index (χ4n) is 3.82. The predicted molar refractivity (Wildman–Crippen MR) is 126 cm³/mol. The molecule has 4 rings (SSSR count). The highest BCUT2D eigenvalue weighted by atomic mass is 35.5. The molecule has 0 unspecified atom stereocenters. The molecule has 1 aliphatic rings. The molecule has 0 atom stereocenters. The Kier molecular flexibility index (Phi) is 6.59. The second kappa shape index (κ2) is 9.54. The molecule has 0 radical (unpaired) electrons. The molecule has 1 aromatic heterocycles. The molecule has 0 spiro atoms. The summed E-state index contributed by atoms with van der Waals surface area (Å²) in [7, 11) is 1.57. The third-order valence-electron chi connectivity index (χ3n) is 5.35. The summed E-state index contributed by atoms with van der Waals surface area (Å²) in [5.41, 5.74) is 2.54. The van der Waals surface area contributed by atoms with Gasteiger partial charge in [0.1, 0.15) is 10.8 Å². The molecule has 2 N–H and O–H groups in total. The Morgan fingerprint density at radius 2 is 1.68 bits per heavy atom. The minimum Gasteiger partial charge on any atom is -0.495 e. The Bertz CT molecular complexity index is 1130. The summed E-state index contributed by atoms with van der Waals surface area (Å²) < 4.78 is 5.37. The summed E-state index contributed by atoms with van der Waals surface area (Å²) in [6, 6.07) is 14.2. The van der Waals surface area contributed by atoms with Gasteiger partial charge in [-0.2, -0.15) is 0 Å². The van der Waals surface area contributed by atoms with Crippen LogP contribution in [0.1, 0.15) is 50.4 Å². The number of para-hydroxylation sites is 2. The molecule has 0 aliphatic heterocycles. The summed E-state index contributed by atoms with van der Waals surface area (Å²) in [6.45, 7) is 0. The van der Waals surface area contributed by atoms with Gasteiger partial charge >= 0.3 is 0 Å². The van der Waals surface area contributed by atoms with Crippen molar-refractivity contribution in [1.29, 1.82) is 0 Å². The monoisotopic (exact) mass is 454 g/mol. The molecule has 0 saturated carbocycles. The van der Waals surface area contributed by atoms with E-state index in [4.69, 9.17) is 16.3 Å². The van der Waals surface area contributed by atoms with Gasteiger partial charge in [0.05, 0.1) is 28.9 Å². The van der Waals surface area contributed by atoms with Crippen molar-refractivity contribution in [3.05, 3.63) is 75.1 Å². The molecule has 1 aliphatic carbocycles. The van der Waals surface area contributed by atoms with Crippen molar-refractivity contribution < 1.29 is 14.3 Å². The number of benzene rings is 2. The van der Waals surface area contributed by atoms with E-state index < -0.39 is 0 Å². The SMILES string of the molecule is COc1ccccc1NC(=O)c1c(NC(=O)c2ccccc2Cl)sc2c1CCCCC2. The first-order chi connectivity index (χ1) is 15.1. The van der Waals surface area contributed by atoms with Crippen LogP contribution >= 0.6 is 22.9 Å². The maximum absolute atomic E-state index is 13.4. The number of amides is 2. The highest BCUT2D eigenvalue weighted by Crippen LogP contribution is 2.39. The van der Waals surface area contributed by atoms with Crippen LogP contribution in [0.3, 0.4) is 0 Å². The Labute approximate surface area is 190 Å². The Morgan fingerprint density at radius 3 is 2.48 bits per heavy atom. The van der Waals surface area contributed by atoms with Crippen molar-refractivity contribution >= 4 is 45.4 Å². The zero-order valence-corrected chi connectivity index (χ0v) is 18.7. The molecule has 0 saturated heterocycles. The van der Waals surface area contributed by atoms with Gasteiger partial charge in [0, 0.05) is 4.88 Å². The molecule has 3 aromatic rings. The first-order valence-corrected chi connectivity index (χ1v) is 11.4. The van der Waals surface area contributed by atoms with Crippen molar-refractivity contribution in [2.24, 2.45) is 0 Å². The van der Waals surface area contributed by atoms with Crippen LogP contribution in [-0.4, -0.2) is 18.9 Å². The molecule has 0 fully saturated rings. The maximum Gasteiger partial charge on any atom is 0.259 e. The topological polar surface area (TPSA) is 67.4 Å². The van der Waals surface area contributed by atoms with E-state index >= 15 is 0 Å². The van der Waals surface area contributed by atoms with E-state index in [2.05, 4.69) is 10.6 Å². The van der Waals surface area contributed by atoms with Gasteiger partial charge in [-0.05, 0) is 55.5 Å². The molecule has 7 heteroatoms. The van der Waals surface area contributed by atoms with Gasteiger partial charge in [0.2, 0.25) is 0 Å². The fourth-order valence-corrected chi connectivity index (χ4v) is 5.32. The molecular formula is C24H23ClN2O3S. The first kappa shape index (κ1) is 21.4. The lowest BCUT2D eigenvalue weighted by Crippen LogP contribution is -2.18. The number of hydrogen-bond acceptors (Lipinski definition) is 4. The number of aryl methyl sites for hydroxylation is 1. The van der Waals surface area contributed by atoms with Crippen LogP contribution in [-0.2, 0) is 12.8 Å². The van der Waals surface area contributed by atoms with E-state index in [0.29, 0.717) is 32.6 Å². The zero-order valence-electron chi connectivity index (χ0n) is 17.2. The van der Waals surface area contributed by atoms with E-state index in [0.717, 1.165) is 42.5 Å². The van der Waals surface area contributed by atoms with Crippen LogP contribution < -0.4 is 15.4 Å². The third-order valence-corrected chi connectivity index (χ3v) is 6.89. The Hall–Kier alpha value is -2.83. The molecule has 5 nitrogen and oxygen atoms in total. The lowest BCUT2D eigenvalue weighted by atomic mass is 10.0. The van der Waals surface area contributed by atoms with Gasteiger partial charge < -0.3 is 15.4 Å². The number of rotatable bonds is 5. The van der Waals surface area contributed by atoms with Crippen LogP contribution in [0.25, 0.3) is 0 Å². The number of methoxy groups -OCH3 is 1. The molecule has 1 heterocycles. The predicted octanol–water partition coefficient (Wildman–Crippen LogP) is 6.18. The number of halogens is 1. The highest BCUT2D eigenvalue weighted by molar-refractivity contribution is 7.17. The number of thiophene rings is 1. The van der Waals surface area contributed by atoms with Crippen LogP contribution in [0.2, 0.25) is 5.02 Å². The van der Waals surface area contributed by atoms with Crippen molar-refractivity contribution in [3.63, 3.8) is 0 Å². The van der Waals surface area contributed by atoms with Crippen molar-refractivity contribution in [2.45, 2.75) is 32.1 Å². The van der Waals surface area contributed by atoms with E-state index in [1.807, 2.05) is 12.1 Å². The lowest BCUT2D eigenvalue weighted by Gasteiger charge is -2.12. The Morgan fingerprint density at radius 1 is 0.935 bits per heavy atom. The number of carbonyl (C=O) groups excluding carboxylic acids is 2. The van der Waals surface area contributed by atoms with E-state index in [9.17, 15) is 9.59 Å². The highest BCUT2D eigenvalue weighted by Gasteiger charge is 2.27. The van der Waals surface area contributed by atoms with Crippen LogP contribution in [0, 0.1) is 0 Å². The number of fused-ring (bicyclic) bond motifs is 1. The van der Waals surface area contributed by atoms with Crippen molar-refractivity contribution in [3.8, 4) is 5.75 Å². The normalized spacial score (nSPS) is 13.1. The quantitative estimate of drug-likeness (QED) is 0.452. The van der Waals surface area contributed by atoms with Gasteiger partial charge in [0.15, 0.2) is 0 Å². The van der Waals surface area contributed by atoms with Gasteiger partial charge in [-0.25, -0.2) is 0 Å². The zero-order chi connectivity index (χ0) is 21.8. The van der Waals surface area contributed by atoms with Crippen LogP contribution in [0.5, 0.6) is 5.75 Å². The van der Waals surface area contributed by atoms with Gasteiger partial charge in [-0.15, -0.1) is 11.3 Å². The molecule has 2 amide bonds. The third kappa shape index (κ3) is 4.60. The average Bonchev–Trinajstić information content (AvgIpc) is 2.94. The minimum atomic E-state index is -0.326. The van der Waals surface area contributed by atoms with E-state index in [1.165, 1.54) is 11.3 Å². The summed E-state index contributed by atoms with van der Waals surface area (Å²) in [5.74, 6) is 0.00512. The van der Waals surface area contributed by atoms with E-state index in [1.54, 1.807) is 43.5 Å². The van der Waals surface area contributed by atoms with Crippen molar-refractivity contribution in [1.82, 2.24) is 0 Å². The number of carbonyl (C=O) groups is 2. The van der Waals surface area contributed by atoms with Crippen molar-refractivity contribution in [2.75, 3.05) is 17.7 Å². The minimum absolute atomic E-state index is 0.252. The maximum atomic E-state index is 13.4. The molecular weight excluding hydrogens is 432 g/mol. The summed E-state index contributed by atoms with van der Waals surface area (Å²) in [5, 5.41) is 6.84. The van der Waals surface area contributed by atoms with Crippen LogP contribution in [0.4, 0.5) is 10.7 Å². The first-order valence-electron chi connectivity index (χ1n) is 10.2. The summed E-state index contributed by atoms with van der Waals surface area (Å²) in [4.78, 5) is 27.5. The number of nitrogens with one attached hydrogen (secondary N) is 2. The standard InChI is InChI=1S/C24H23ClN2O3S/c1-30-19-13-8-7-12-18(19)26-23(29)21-16-10-3-2-4-14-20(16)31-24(21)27-22(28)15-9-5-6-11-17(15)25/h5-9,11-13H,2-4,10,14H2,1H3,(H,26,29)(H,27,28). The Balaban J connectivity index is 1.70. The largest absolute Gasteiger partial charge is 0.495 e.